The predicted molar refractivity (Wildman–Crippen MR) is 98.7 cm³/mol. The first kappa shape index (κ1) is 17.6. The fourth-order valence-corrected chi connectivity index (χ4v) is 2.87. The van der Waals surface area contributed by atoms with E-state index in [0.717, 1.165) is 25.1 Å². The fourth-order valence-electron chi connectivity index (χ4n) is 2.87. The van der Waals surface area contributed by atoms with Crippen LogP contribution in [0, 0.1) is 11.3 Å². The van der Waals surface area contributed by atoms with Crippen LogP contribution in [0.3, 0.4) is 0 Å². The van der Waals surface area contributed by atoms with Crippen LogP contribution in [0.15, 0.2) is 53.6 Å². The summed E-state index contributed by atoms with van der Waals surface area (Å²) in [7, 11) is 0. The lowest BCUT2D eigenvalue weighted by Crippen LogP contribution is -2.38. The number of benzene rings is 2. The number of rotatable bonds is 6. The summed E-state index contributed by atoms with van der Waals surface area (Å²) in [4.78, 5) is 14.2. The van der Waals surface area contributed by atoms with Crippen LogP contribution in [-0.2, 0) is 17.8 Å². The van der Waals surface area contributed by atoms with Crippen LogP contribution >= 0.6 is 0 Å². The number of carbonyl (C=O) groups is 1. The first-order chi connectivity index (χ1) is 12.7. The van der Waals surface area contributed by atoms with Crippen molar-refractivity contribution in [1.82, 2.24) is 10.3 Å². The van der Waals surface area contributed by atoms with Gasteiger partial charge in [0.05, 0.1) is 12.8 Å². The van der Waals surface area contributed by atoms with Crippen LogP contribution in [0.4, 0.5) is 0 Å². The molecule has 1 N–H and O–H groups in total. The number of amides is 1. The van der Waals surface area contributed by atoms with Gasteiger partial charge in [-0.3, -0.25) is 9.69 Å². The maximum absolute atomic E-state index is 12.1. The van der Waals surface area contributed by atoms with Crippen molar-refractivity contribution in [1.29, 1.82) is 5.26 Å². The van der Waals surface area contributed by atoms with Crippen molar-refractivity contribution in [3.05, 3.63) is 65.2 Å². The van der Waals surface area contributed by atoms with Gasteiger partial charge < -0.3 is 4.74 Å². The van der Waals surface area contributed by atoms with Crippen LogP contribution in [0.5, 0.6) is 5.75 Å². The normalized spacial score (nSPS) is 13.8. The van der Waals surface area contributed by atoms with Crippen molar-refractivity contribution in [3.8, 4) is 11.8 Å². The average Bonchev–Trinajstić information content (AvgIpc) is 2.67. The van der Waals surface area contributed by atoms with Gasteiger partial charge in [-0.2, -0.15) is 10.4 Å². The second kappa shape index (κ2) is 8.79. The molecule has 0 aliphatic carbocycles. The lowest BCUT2D eigenvalue weighted by molar-refractivity contribution is -0.122. The molecule has 0 spiro atoms. The predicted octanol–water partition coefficient (Wildman–Crippen LogP) is 2.10. The standard InChI is InChI=1S/C20H20N4O2/c21-10-12-26-19-7-5-16(6-8-19)13-22-23-20(25)15-24-11-9-17-3-1-2-4-18(17)14-24/h1-8,13H,9,11-12,14-15H2,(H,23,25)/b22-13-. The lowest BCUT2D eigenvalue weighted by Gasteiger charge is -2.27. The number of carbonyl (C=O) groups excluding carboxylic acids is 1. The molecule has 1 heterocycles. The summed E-state index contributed by atoms with van der Waals surface area (Å²) >= 11 is 0. The zero-order valence-electron chi connectivity index (χ0n) is 14.4. The van der Waals surface area contributed by atoms with E-state index in [0.29, 0.717) is 12.3 Å². The summed E-state index contributed by atoms with van der Waals surface area (Å²) in [5, 5.41) is 12.5. The Hall–Kier alpha value is -3.17. The van der Waals surface area contributed by atoms with E-state index in [2.05, 4.69) is 33.6 Å². The third-order valence-electron chi connectivity index (χ3n) is 4.16. The Kier molecular flexibility index (Phi) is 5.96. The summed E-state index contributed by atoms with van der Waals surface area (Å²) in [5.74, 6) is 0.493. The Bertz CT molecular complexity index is 824. The molecule has 1 aliphatic rings. The SMILES string of the molecule is N#CCOc1ccc(/C=N\NC(=O)CN2CCc3ccccc3C2)cc1. The largest absolute Gasteiger partial charge is 0.479 e. The van der Waals surface area contributed by atoms with Crippen molar-refractivity contribution >= 4 is 12.1 Å². The molecule has 2 aromatic carbocycles. The molecule has 132 valence electrons. The summed E-state index contributed by atoms with van der Waals surface area (Å²) in [6.07, 6.45) is 2.55. The molecule has 1 amide bonds. The van der Waals surface area contributed by atoms with E-state index >= 15 is 0 Å². The summed E-state index contributed by atoms with van der Waals surface area (Å²) in [6.45, 7) is 2.01. The molecule has 0 fully saturated rings. The Labute approximate surface area is 152 Å². The quantitative estimate of drug-likeness (QED) is 0.641. The van der Waals surface area contributed by atoms with Crippen molar-refractivity contribution in [3.63, 3.8) is 0 Å². The highest BCUT2D eigenvalue weighted by Crippen LogP contribution is 2.17. The third kappa shape index (κ3) is 4.91. The van der Waals surface area contributed by atoms with Gasteiger partial charge in [-0.1, -0.05) is 24.3 Å². The van der Waals surface area contributed by atoms with E-state index in [-0.39, 0.29) is 12.5 Å². The van der Waals surface area contributed by atoms with Crippen LogP contribution < -0.4 is 10.2 Å². The number of nitrogens with zero attached hydrogens (tertiary/aromatic N) is 3. The Morgan fingerprint density at radius 2 is 2.00 bits per heavy atom. The molecule has 6 heteroatoms. The Balaban J connectivity index is 1.45. The number of ether oxygens (including phenoxy) is 1. The molecular weight excluding hydrogens is 328 g/mol. The third-order valence-corrected chi connectivity index (χ3v) is 4.16. The number of hydrazone groups is 1. The van der Waals surface area contributed by atoms with Crippen molar-refractivity contribution in [2.24, 2.45) is 5.10 Å². The van der Waals surface area contributed by atoms with Gasteiger partial charge >= 0.3 is 0 Å². The van der Waals surface area contributed by atoms with Crippen LogP contribution in [0.25, 0.3) is 0 Å². The van der Waals surface area contributed by atoms with Crippen molar-refractivity contribution < 1.29 is 9.53 Å². The molecule has 3 rings (SSSR count). The minimum absolute atomic E-state index is 0.0183. The van der Waals surface area contributed by atoms with E-state index in [9.17, 15) is 4.79 Å². The molecule has 0 atom stereocenters. The molecule has 0 saturated carbocycles. The van der Waals surface area contributed by atoms with Crippen LogP contribution in [0.1, 0.15) is 16.7 Å². The molecule has 0 bridgehead atoms. The molecule has 0 unspecified atom stereocenters. The van der Waals surface area contributed by atoms with E-state index in [1.807, 2.05) is 24.3 Å². The number of fused-ring (bicyclic) bond motifs is 1. The highest BCUT2D eigenvalue weighted by molar-refractivity contribution is 5.83. The van der Waals surface area contributed by atoms with E-state index < -0.39 is 0 Å². The Morgan fingerprint density at radius 3 is 2.77 bits per heavy atom. The van der Waals surface area contributed by atoms with Gasteiger partial charge in [-0.25, -0.2) is 5.43 Å². The molecule has 0 saturated heterocycles. The highest BCUT2D eigenvalue weighted by Gasteiger charge is 2.17. The summed E-state index contributed by atoms with van der Waals surface area (Å²) < 4.78 is 5.18. The minimum Gasteiger partial charge on any atom is -0.479 e. The van der Waals surface area contributed by atoms with Crippen molar-refractivity contribution in [2.75, 3.05) is 19.7 Å². The topological polar surface area (TPSA) is 77.7 Å². The highest BCUT2D eigenvalue weighted by atomic mass is 16.5. The van der Waals surface area contributed by atoms with Crippen molar-refractivity contribution in [2.45, 2.75) is 13.0 Å². The number of nitriles is 1. The second-order valence-electron chi connectivity index (χ2n) is 6.04. The second-order valence-corrected chi connectivity index (χ2v) is 6.04. The van der Waals surface area contributed by atoms with Gasteiger partial charge in [0.25, 0.3) is 5.91 Å². The molecule has 1 aliphatic heterocycles. The average molecular weight is 348 g/mol. The monoisotopic (exact) mass is 348 g/mol. The van der Waals surface area contributed by atoms with Gasteiger partial charge in [-0.05, 0) is 47.4 Å². The van der Waals surface area contributed by atoms with E-state index in [1.165, 1.54) is 11.1 Å². The van der Waals surface area contributed by atoms with Gasteiger partial charge in [0.1, 0.15) is 11.8 Å². The van der Waals surface area contributed by atoms with Gasteiger partial charge in [0, 0.05) is 13.1 Å². The minimum atomic E-state index is -0.130. The summed E-state index contributed by atoms with van der Waals surface area (Å²) in [6, 6.07) is 17.4. The lowest BCUT2D eigenvalue weighted by atomic mass is 10.00. The number of hydrogen-bond acceptors (Lipinski definition) is 5. The van der Waals surface area contributed by atoms with Crippen LogP contribution in [0.2, 0.25) is 0 Å². The number of hydrogen-bond donors (Lipinski definition) is 1. The molecule has 0 radical (unpaired) electrons. The number of nitrogens with one attached hydrogen (secondary N) is 1. The van der Waals surface area contributed by atoms with E-state index in [4.69, 9.17) is 10.00 Å². The smallest absolute Gasteiger partial charge is 0.254 e. The zero-order valence-corrected chi connectivity index (χ0v) is 14.4. The van der Waals surface area contributed by atoms with Gasteiger partial charge in [0.2, 0.25) is 0 Å². The van der Waals surface area contributed by atoms with E-state index in [1.54, 1.807) is 18.3 Å². The summed E-state index contributed by atoms with van der Waals surface area (Å²) in [5.41, 5.74) is 6.05. The molecule has 0 aromatic heterocycles. The molecule has 6 nitrogen and oxygen atoms in total. The maximum atomic E-state index is 12.1. The Morgan fingerprint density at radius 1 is 1.23 bits per heavy atom. The zero-order chi connectivity index (χ0) is 18.2. The molecule has 2 aromatic rings. The fraction of sp³-hybridized carbons (Fsp3) is 0.250. The maximum Gasteiger partial charge on any atom is 0.254 e. The first-order valence-corrected chi connectivity index (χ1v) is 8.45. The van der Waals surface area contributed by atoms with Crippen LogP contribution in [-0.4, -0.2) is 36.7 Å². The molecule has 26 heavy (non-hydrogen) atoms. The van der Waals surface area contributed by atoms with Gasteiger partial charge in [-0.15, -0.1) is 0 Å². The van der Waals surface area contributed by atoms with Gasteiger partial charge in [0.15, 0.2) is 6.61 Å². The molecular formula is C20H20N4O2. The first-order valence-electron chi connectivity index (χ1n) is 8.45.